The molecule has 0 radical (unpaired) electrons. The van der Waals surface area contributed by atoms with E-state index < -0.39 is 0 Å². The number of benzene rings is 1. The monoisotopic (exact) mass is 390 g/mol. The maximum Gasteiger partial charge on any atom is 0.261 e. The summed E-state index contributed by atoms with van der Waals surface area (Å²) in [4.78, 5) is 8.70. The molecule has 0 bridgehead atoms. The van der Waals surface area contributed by atoms with Crippen LogP contribution in [0.15, 0.2) is 59.5 Å². The average molecular weight is 390 g/mol. The molecule has 0 saturated heterocycles. The molecule has 0 aliphatic rings. The fraction of sp³-hybridized carbons (Fsp3) is 0.238. The molecular formula is C21H22N6O2. The van der Waals surface area contributed by atoms with E-state index in [9.17, 15) is 0 Å². The van der Waals surface area contributed by atoms with E-state index in [1.54, 1.807) is 30.3 Å². The summed E-state index contributed by atoms with van der Waals surface area (Å²) >= 11 is 0. The van der Waals surface area contributed by atoms with Crippen LogP contribution in [-0.2, 0) is 11.3 Å². The third kappa shape index (κ3) is 4.17. The molecule has 0 amide bonds. The molecule has 1 atom stereocenters. The molecule has 1 aromatic carbocycles. The summed E-state index contributed by atoms with van der Waals surface area (Å²) < 4.78 is 12.3. The van der Waals surface area contributed by atoms with Gasteiger partial charge in [0.2, 0.25) is 0 Å². The minimum absolute atomic E-state index is 0.00497. The highest BCUT2D eigenvalue weighted by Crippen LogP contribution is 2.27. The van der Waals surface area contributed by atoms with Gasteiger partial charge in [-0.1, -0.05) is 36.3 Å². The van der Waals surface area contributed by atoms with E-state index in [0.29, 0.717) is 30.7 Å². The van der Waals surface area contributed by atoms with Crippen LogP contribution in [0.5, 0.6) is 0 Å². The van der Waals surface area contributed by atoms with Gasteiger partial charge in [-0.15, -0.1) is 0 Å². The summed E-state index contributed by atoms with van der Waals surface area (Å²) in [6.45, 7) is 3.32. The number of rotatable bonds is 7. The Morgan fingerprint density at radius 3 is 2.59 bits per heavy atom. The topological polar surface area (TPSA) is 105 Å². The Morgan fingerprint density at radius 2 is 1.86 bits per heavy atom. The molecule has 8 heteroatoms. The molecular weight excluding hydrogens is 368 g/mol. The first-order chi connectivity index (χ1) is 14.1. The van der Waals surface area contributed by atoms with Crippen LogP contribution in [0.4, 0.5) is 5.82 Å². The quantitative estimate of drug-likeness (QED) is 0.516. The number of aromatic nitrogens is 5. The zero-order valence-corrected chi connectivity index (χ0v) is 16.3. The van der Waals surface area contributed by atoms with Crippen molar-refractivity contribution in [2.45, 2.75) is 19.4 Å². The average Bonchev–Trinajstić information content (AvgIpc) is 3.42. The smallest absolute Gasteiger partial charge is 0.261 e. The maximum atomic E-state index is 5.66. The third-order valence-corrected chi connectivity index (χ3v) is 4.76. The molecule has 2 N–H and O–H groups in total. The summed E-state index contributed by atoms with van der Waals surface area (Å²) in [5, 5.41) is 8.44. The number of hydrogen-bond acceptors (Lipinski definition) is 7. The minimum atomic E-state index is -0.00497. The maximum absolute atomic E-state index is 5.66. The van der Waals surface area contributed by atoms with E-state index in [-0.39, 0.29) is 5.92 Å². The molecule has 29 heavy (non-hydrogen) atoms. The molecule has 3 aromatic heterocycles. The predicted molar refractivity (Wildman–Crippen MR) is 109 cm³/mol. The predicted octanol–water partition coefficient (Wildman–Crippen LogP) is 3.38. The van der Waals surface area contributed by atoms with Crippen LogP contribution in [0.3, 0.4) is 0 Å². The molecule has 0 saturated carbocycles. The van der Waals surface area contributed by atoms with Gasteiger partial charge in [0.05, 0.1) is 24.9 Å². The van der Waals surface area contributed by atoms with Crippen molar-refractivity contribution in [1.82, 2.24) is 24.9 Å². The Labute approximate surface area is 168 Å². The molecule has 4 rings (SSSR count). The molecule has 0 aliphatic heterocycles. The second kappa shape index (κ2) is 8.24. The van der Waals surface area contributed by atoms with Crippen molar-refractivity contribution < 1.29 is 9.26 Å². The molecule has 3 heterocycles. The number of ether oxygens (including phenoxy) is 1. The molecule has 148 valence electrons. The highest BCUT2D eigenvalue weighted by Gasteiger charge is 2.17. The van der Waals surface area contributed by atoms with Crippen molar-refractivity contribution in [3.8, 4) is 22.6 Å². The van der Waals surface area contributed by atoms with Crippen LogP contribution in [0.25, 0.3) is 22.6 Å². The van der Waals surface area contributed by atoms with Crippen molar-refractivity contribution in [3.05, 3.63) is 66.4 Å². The summed E-state index contributed by atoms with van der Waals surface area (Å²) in [7, 11) is 1.66. The van der Waals surface area contributed by atoms with Gasteiger partial charge in [0.25, 0.3) is 5.89 Å². The summed E-state index contributed by atoms with van der Waals surface area (Å²) in [6.07, 6.45) is 5.36. The summed E-state index contributed by atoms with van der Waals surface area (Å²) in [5.74, 6) is 1.59. The number of anilines is 1. The van der Waals surface area contributed by atoms with Crippen LogP contribution >= 0.6 is 0 Å². The molecule has 4 aromatic rings. The lowest BCUT2D eigenvalue weighted by molar-refractivity contribution is 0.183. The van der Waals surface area contributed by atoms with E-state index >= 15 is 0 Å². The van der Waals surface area contributed by atoms with Crippen LogP contribution in [-0.4, -0.2) is 38.6 Å². The first-order valence-corrected chi connectivity index (χ1v) is 9.31. The van der Waals surface area contributed by atoms with Gasteiger partial charge in [0.15, 0.2) is 5.82 Å². The van der Waals surface area contributed by atoms with E-state index in [1.807, 2.05) is 12.3 Å². The Kier molecular flexibility index (Phi) is 5.35. The number of methoxy groups -OCH3 is 1. The van der Waals surface area contributed by atoms with E-state index in [0.717, 1.165) is 22.3 Å². The second-order valence-electron chi connectivity index (χ2n) is 6.76. The largest absolute Gasteiger partial charge is 0.384 e. The molecule has 0 spiro atoms. The molecule has 0 fully saturated rings. The van der Waals surface area contributed by atoms with Crippen molar-refractivity contribution in [2.75, 3.05) is 19.5 Å². The lowest BCUT2D eigenvalue weighted by Gasteiger charge is -2.08. The van der Waals surface area contributed by atoms with Gasteiger partial charge in [-0.25, -0.2) is 4.98 Å². The summed E-state index contributed by atoms with van der Waals surface area (Å²) in [5.41, 5.74) is 9.64. The minimum Gasteiger partial charge on any atom is -0.384 e. The highest BCUT2D eigenvalue weighted by molar-refractivity contribution is 5.64. The number of pyridine rings is 1. The van der Waals surface area contributed by atoms with Crippen molar-refractivity contribution in [3.63, 3.8) is 0 Å². The first kappa shape index (κ1) is 18.8. The van der Waals surface area contributed by atoms with Gasteiger partial charge >= 0.3 is 0 Å². The fourth-order valence-electron chi connectivity index (χ4n) is 3.00. The number of nitrogen functional groups attached to an aromatic ring is 1. The van der Waals surface area contributed by atoms with Crippen LogP contribution < -0.4 is 5.73 Å². The standard InChI is InChI=1S/C21H22N6O2/c1-14(15-3-5-16(6-4-15)17-7-8-19(22)23-11-17)20-25-21(29-26-20)18-12-24-27(13-18)9-10-28-2/h3-8,11-14H,9-10H2,1-2H3,(H2,22,23)/t14-/m0/s1. The summed E-state index contributed by atoms with van der Waals surface area (Å²) in [6, 6.07) is 12.0. The van der Waals surface area contributed by atoms with Crippen molar-refractivity contribution >= 4 is 5.82 Å². The fourth-order valence-corrected chi connectivity index (χ4v) is 3.00. The second-order valence-corrected chi connectivity index (χ2v) is 6.76. The lowest BCUT2D eigenvalue weighted by atomic mass is 9.97. The highest BCUT2D eigenvalue weighted by atomic mass is 16.5. The normalized spacial score (nSPS) is 12.2. The van der Waals surface area contributed by atoms with Gasteiger partial charge in [-0.3, -0.25) is 4.68 Å². The van der Waals surface area contributed by atoms with Crippen molar-refractivity contribution in [2.24, 2.45) is 0 Å². The Bertz CT molecular complexity index is 1070. The number of hydrogen-bond donors (Lipinski definition) is 1. The van der Waals surface area contributed by atoms with E-state index in [2.05, 4.69) is 51.4 Å². The SMILES string of the molecule is COCCn1cc(-c2nc([C@@H](C)c3ccc(-c4ccc(N)nc4)cc3)no2)cn1. The van der Waals surface area contributed by atoms with Gasteiger partial charge in [-0.2, -0.15) is 10.1 Å². The number of nitrogens with zero attached hydrogens (tertiary/aromatic N) is 5. The Balaban J connectivity index is 1.49. The van der Waals surface area contributed by atoms with Crippen LogP contribution in [0.2, 0.25) is 0 Å². The van der Waals surface area contributed by atoms with Crippen molar-refractivity contribution in [1.29, 1.82) is 0 Å². The number of nitrogens with two attached hydrogens (primary N) is 1. The lowest BCUT2D eigenvalue weighted by Crippen LogP contribution is -2.03. The zero-order chi connectivity index (χ0) is 20.2. The van der Waals surface area contributed by atoms with Crippen LogP contribution in [0, 0.1) is 0 Å². The molecule has 8 nitrogen and oxygen atoms in total. The van der Waals surface area contributed by atoms with E-state index in [1.165, 1.54) is 0 Å². The molecule has 0 aliphatic carbocycles. The van der Waals surface area contributed by atoms with Crippen LogP contribution in [0.1, 0.15) is 24.2 Å². The third-order valence-electron chi connectivity index (χ3n) is 4.76. The van der Waals surface area contributed by atoms with E-state index in [4.69, 9.17) is 15.0 Å². The first-order valence-electron chi connectivity index (χ1n) is 9.31. The Hall–Kier alpha value is -3.52. The Morgan fingerprint density at radius 1 is 1.07 bits per heavy atom. The van der Waals surface area contributed by atoms with Gasteiger partial charge < -0.3 is 15.0 Å². The zero-order valence-electron chi connectivity index (χ0n) is 16.3. The molecule has 0 unspecified atom stereocenters. The van der Waals surface area contributed by atoms with Gasteiger partial charge in [0, 0.05) is 31.0 Å². The van der Waals surface area contributed by atoms with Gasteiger partial charge in [-0.05, 0) is 23.3 Å². The van der Waals surface area contributed by atoms with Gasteiger partial charge in [0.1, 0.15) is 5.82 Å².